The molecule has 0 aromatic heterocycles. The lowest BCUT2D eigenvalue weighted by atomic mass is 10.1. The number of rotatable bonds is 6. The highest BCUT2D eigenvalue weighted by Crippen LogP contribution is 2.29. The van der Waals surface area contributed by atoms with Crippen LogP contribution in [0.15, 0.2) is 47.4 Å². The normalized spacial score (nSPS) is 15.3. The molecule has 0 spiro atoms. The van der Waals surface area contributed by atoms with E-state index in [0.29, 0.717) is 17.1 Å². The zero-order valence-electron chi connectivity index (χ0n) is 17.2. The van der Waals surface area contributed by atoms with E-state index in [1.165, 1.54) is 29.6 Å². The molecule has 3 rings (SSSR count). The predicted molar refractivity (Wildman–Crippen MR) is 110 cm³/mol. The van der Waals surface area contributed by atoms with Crippen molar-refractivity contribution in [2.45, 2.75) is 24.8 Å². The molecule has 1 aliphatic rings. The lowest BCUT2D eigenvalue weighted by Gasteiger charge is -2.34. The third-order valence-corrected chi connectivity index (χ3v) is 6.63. The van der Waals surface area contributed by atoms with E-state index in [-0.39, 0.29) is 43.1 Å². The van der Waals surface area contributed by atoms with Crippen LogP contribution in [-0.4, -0.2) is 62.9 Å². The summed E-state index contributed by atoms with van der Waals surface area (Å²) in [6, 6.07) is 9.90. The highest BCUT2D eigenvalue weighted by Gasteiger charge is 2.31. The van der Waals surface area contributed by atoms with Crippen LogP contribution in [0.5, 0.6) is 11.5 Å². The van der Waals surface area contributed by atoms with Crippen molar-refractivity contribution in [3.8, 4) is 11.5 Å². The van der Waals surface area contributed by atoms with Crippen molar-refractivity contribution >= 4 is 15.9 Å². The molecule has 0 unspecified atom stereocenters. The quantitative estimate of drug-likeness (QED) is 0.696. The van der Waals surface area contributed by atoms with Gasteiger partial charge in [-0.1, -0.05) is 6.07 Å². The summed E-state index contributed by atoms with van der Waals surface area (Å²) in [6.07, 6.45) is -0.0337. The summed E-state index contributed by atoms with van der Waals surface area (Å²) in [5.74, 6) is 0.188. The molecule has 7 nitrogen and oxygen atoms in total. The molecule has 2 aromatic rings. The average Bonchev–Trinajstić information content (AvgIpc) is 2.73. The molecule has 1 saturated heterocycles. The monoisotopic (exact) mass is 436 g/mol. The molecule has 0 saturated carbocycles. The number of methoxy groups -OCH3 is 1. The van der Waals surface area contributed by atoms with Crippen LogP contribution in [0.4, 0.5) is 4.39 Å². The number of carbonyl (C=O) groups excluding carboxylic acids is 1. The summed E-state index contributed by atoms with van der Waals surface area (Å²) in [6.45, 7) is 4.54. The van der Waals surface area contributed by atoms with E-state index in [4.69, 9.17) is 9.47 Å². The Morgan fingerprint density at radius 1 is 1.03 bits per heavy atom. The van der Waals surface area contributed by atoms with Gasteiger partial charge >= 0.3 is 0 Å². The maximum atomic E-state index is 13.4. The molecule has 0 bridgehead atoms. The highest BCUT2D eigenvalue weighted by molar-refractivity contribution is 7.89. The van der Waals surface area contributed by atoms with E-state index in [2.05, 4.69) is 0 Å². The number of piperazine rings is 1. The minimum atomic E-state index is -3.81. The van der Waals surface area contributed by atoms with Crippen LogP contribution in [0.3, 0.4) is 0 Å². The van der Waals surface area contributed by atoms with E-state index >= 15 is 0 Å². The Labute approximate surface area is 176 Å². The first-order valence-corrected chi connectivity index (χ1v) is 11.1. The molecular formula is C21H25FN2O5S. The van der Waals surface area contributed by atoms with E-state index in [1.54, 1.807) is 23.1 Å². The van der Waals surface area contributed by atoms with Crippen molar-refractivity contribution < 1.29 is 27.1 Å². The van der Waals surface area contributed by atoms with Gasteiger partial charge in [0.2, 0.25) is 10.0 Å². The van der Waals surface area contributed by atoms with Gasteiger partial charge in [-0.25, -0.2) is 12.8 Å². The first-order valence-electron chi connectivity index (χ1n) is 9.62. The van der Waals surface area contributed by atoms with E-state index in [0.717, 1.165) is 6.07 Å². The third kappa shape index (κ3) is 4.73. The minimum Gasteiger partial charge on any atom is -0.493 e. The Morgan fingerprint density at radius 2 is 1.73 bits per heavy atom. The number of hydrogen-bond donors (Lipinski definition) is 0. The lowest BCUT2D eigenvalue weighted by molar-refractivity contribution is 0.0697. The first-order chi connectivity index (χ1) is 14.2. The van der Waals surface area contributed by atoms with Crippen LogP contribution in [0.25, 0.3) is 0 Å². The second-order valence-electron chi connectivity index (χ2n) is 7.19. The summed E-state index contributed by atoms with van der Waals surface area (Å²) in [4.78, 5) is 14.4. The van der Waals surface area contributed by atoms with Gasteiger partial charge in [0.1, 0.15) is 5.82 Å². The Morgan fingerprint density at radius 3 is 2.33 bits per heavy atom. The van der Waals surface area contributed by atoms with E-state index < -0.39 is 15.8 Å². The van der Waals surface area contributed by atoms with Gasteiger partial charge in [-0.2, -0.15) is 4.31 Å². The molecule has 0 radical (unpaired) electrons. The SMILES string of the molecule is COc1cc(C(=O)N2CCN(S(=O)(=O)c3cccc(F)c3)CC2)ccc1OC(C)C. The van der Waals surface area contributed by atoms with Crippen molar-refractivity contribution in [3.63, 3.8) is 0 Å². The van der Waals surface area contributed by atoms with Crippen LogP contribution in [0, 0.1) is 5.82 Å². The molecule has 162 valence electrons. The summed E-state index contributed by atoms with van der Waals surface area (Å²) in [7, 11) is -2.30. The third-order valence-electron chi connectivity index (χ3n) is 4.73. The molecule has 0 atom stereocenters. The van der Waals surface area contributed by atoms with Gasteiger partial charge in [-0.15, -0.1) is 0 Å². The number of carbonyl (C=O) groups is 1. The molecule has 30 heavy (non-hydrogen) atoms. The molecule has 1 aliphatic heterocycles. The van der Waals surface area contributed by atoms with Gasteiger partial charge < -0.3 is 14.4 Å². The Kier molecular flexibility index (Phi) is 6.62. The molecule has 2 aromatic carbocycles. The van der Waals surface area contributed by atoms with Gasteiger partial charge in [0, 0.05) is 31.7 Å². The van der Waals surface area contributed by atoms with Crippen LogP contribution in [0.1, 0.15) is 24.2 Å². The summed E-state index contributed by atoms with van der Waals surface area (Å²) in [5, 5.41) is 0. The fourth-order valence-corrected chi connectivity index (χ4v) is 4.70. The molecule has 0 aliphatic carbocycles. The molecule has 1 fully saturated rings. The second kappa shape index (κ2) is 9.01. The molecule has 1 heterocycles. The van der Waals surface area contributed by atoms with Crippen LogP contribution < -0.4 is 9.47 Å². The topological polar surface area (TPSA) is 76.2 Å². The zero-order valence-corrected chi connectivity index (χ0v) is 18.0. The van der Waals surface area contributed by atoms with Crippen molar-refractivity contribution in [1.82, 2.24) is 9.21 Å². The second-order valence-corrected chi connectivity index (χ2v) is 9.12. The standard InChI is InChI=1S/C21H25FN2O5S/c1-15(2)29-19-8-7-16(13-20(19)28-3)21(25)23-9-11-24(12-10-23)30(26,27)18-6-4-5-17(22)14-18/h4-8,13-15H,9-12H2,1-3H3. The van der Waals surface area contributed by atoms with Crippen molar-refractivity contribution in [2.24, 2.45) is 0 Å². The van der Waals surface area contributed by atoms with Gasteiger partial charge in [0.05, 0.1) is 18.1 Å². The summed E-state index contributed by atoms with van der Waals surface area (Å²) >= 11 is 0. The van der Waals surface area contributed by atoms with E-state index in [9.17, 15) is 17.6 Å². The zero-order chi connectivity index (χ0) is 21.9. The lowest BCUT2D eigenvalue weighted by Crippen LogP contribution is -2.50. The molecule has 1 amide bonds. The number of benzene rings is 2. The fourth-order valence-electron chi connectivity index (χ4n) is 3.24. The van der Waals surface area contributed by atoms with Crippen LogP contribution >= 0.6 is 0 Å². The minimum absolute atomic E-state index is 0.0337. The number of hydrogen-bond acceptors (Lipinski definition) is 5. The maximum absolute atomic E-state index is 13.4. The smallest absolute Gasteiger partial charge is 0.254 e. The Balaban J connectivity index is 1.70. The highest BCUT2D eigenvalue weighted by atomic mass is 32.2. The van der Waals surface area contributed by atoms with E-state index in [1.807, 2.05) is 13.8 Å². The number of nitrogens with zero attached hydrogens (tertiary/aromatic N) is 2. The Hall–Kier alpha value is -2.65. The Bertz CT molecular complexity index is 1020. The molecule has 9 heteroatoms. The predicted octanol–water partition coefficient (Wildman–Crippen LogP) is 2.77. The molecule has 0 N–H and O–H groups in total. The largest absolute Gasteiger partial charge is 0.493 e. The molecular weight excluding hydrogens is 411 g/mol. The first kappa shape index (κ1) is 22.0. The van der Waals surface area contributed by atoms with Crippen molar-refractivity contribution in [1.29, 1.82) is 0 Å². The maximum Gasteiger partial charge on any atom is 0.254 e. The van der Waals surface area contributed by atoms with Crippen molar-refractivity contribution in [2.75, 3.05) is 33.3 Å². The summed E-state index contributed by atoms with van der Waals surface area (Å²) < 4.78 is 51.1. The van der Waals surface area contributed by atoms with Gasteiger partial charge in [0.15, 0.2) is 11.5 Å². The number of ether oxygens (including phenoxy) is 2. The number of halogens is 1. The van der Waals surface area contributed by atoms with Crippen LogP contribution in [0.2, 0.25) is 0 Å². The number of amides is 1. The average molecular weight is 437 g/mol. The van der Waals surface area contributed by atoms with Gasteiger partial charge in [-0.3, -0.25) is 4.79 Å². The number of sulfonamides is 1. The van der Waals surface area contributed by atoms with Crippen molar-refractivity contribution in [3.05, 3.63) is 53.8 Å². The van der Waals surface area contributed by atoms with Gasteiger partial charge in [0.25, 0.3) is 5.91 Å². The fraction of sp³-hybridized carbons (Fsp3) is 0.381. The van der Waals surface area contributed by atoms with Crippen LogP contribution in [-0.2, 0) is 10.0 Å². The summed E-state index contributed by atoms with van der Waals surface area (Å²) in [5.41, 5.74) is 0.435. The van der Waals surface area contributed by atoms with Gasteiger partial charge in [-0.05, 0) is 50.2 Å².